The number of hydrogen-bond acceptors (Lipinski definition) is 4. The van der Waals surface area contributed by atoms with Crippen molar-refractivity contribution in [3.63, 3.8) is 0 Å². The highest BCUT2D eigenvalue weighted by Gasteiger charge is 2.37. The van der Waals surface area contributed by atoms with Crippen molar-refractivity contribution >= 4 is 17.4 Å². The predicted molar refractivity (Wildman–Crippen MR) is 116 cm³/mol. The molecule has 2 aliphatic carbocycles. The number of carbonyl (C=O) groups is 2. The Labute approximate surface area is 178 Å². The Morgan fingerprint density at radius 3 is 2.65 bits per heavy atom. The number of amides is 1. The molecule has 1 heterocycles. The van der Waals surface area contributed by atoms with E-state index in [0.29, 0.717) is 31.4 Å². The van der Waals surface area contributed by atoms with Gasteiger partial charge < -0.3 is 5.11 Å². The normalized spacial score (nSPS) is 17.6. The quantitative estimate of drug-likeness (QED) is 0.442. The first-order valence-electron chi connectivity index (χ1n) is 10.1. The highest BCUT2D eigenvalue weighted by atomic mass is 16.3. The highest BCUT2D eigenvalue weighted by Crippen LogP contribution is 2.37. The van der Waals surface area contributed by atoms with Gasteiger partial charge in [0.15, 0.2) is 0 Å². The number of nitrogens with zero attached hydrogens (tertiary/aromatic N) is 5. The lowest BCUT2D eigenvalue weighted by Gasteiger charge is -2.29. The molecule has 0 aliphatic heterocycles. The molecule has 0 bridgehead atoms. The molecule has 8 nitrogen and oxygen atoms in total. The van der Waals surface area contributed by atoms with Crippen molar-refractivity contribution in [1.29, 1.82) is 0 Å². The summed E-state index contributed by atoms with van der Waals surface area (Å²) in [6, 6.07) is 8.54. The van der Waals surface area contributed by atoms with Crippen LogP contribution in [0, 0.1) is 0 Å². The molecule has 1 aromatic heterocycles. The van der Waals surface area contributed by atoms with Gasteiger partial charge in [-0.1, -0.05) is 48.6 Å². The number of hydrogen-bond donors (Lipinski definition) is 1. The van der Waals surface area contributed by atoms with E-state index in [1.807, 2.05) is 36.4 Å². The second-order valence-corrected chi connectivity index (χ2v) is 7.62. The Bertz CT molecular complexity index is 1150. The minimum Gasteiger partial charge on any atom is -0.383 e. The number of ketones is 1. The summed E-state index contributed by atoms with van der Waals surface area (Å²) < 4.78 is 1.78. The molecule has 0 radical (unpaired) electrons. The summed E-state index contributed by atoms with van der Waals surface area (Å²) in [5.74, 6) is -0.491. The number of azide groups is 1. The molecule has 1 amide bonds. The van der Waals surface area contributed by atoms with Crippen LogP contribution in [0.15, 0.2) is 65.8 Å². The van der Waals surface area contributed by atoms with Crippen molar-refractivity contribution in [3.05, 3.63) is 82.4 Å². The summed E-state index contributed by atoms with van der Waals surface area (Å²) in [5.41, 5.74) is 10.5. The van der Waals surface area contributed by atoms with E-state index in [9.17, 15) is 14.7 Å². The molecule has 0 unspecified atom stereocenters. The molecular formula is C23H21N5O3. The minimum absolute atomic E-state index is 0.157. The number of rotatable bonds is 4. The number of aromatic nitrogens is 2. The van der Waals surface area contributed by atoms with E-state index in [1.54, 1.807) is 28.9 Å². The van der Waals surface area contributed by atoms with Crippen LogP contribution in [0.4, 0.5) is 0 Å². The first kappa shape index (κ1) is 20.5. The summed E-state index contributed by atoms with van der Waals surface area (Å²) in [7, 11) is 0. The van der Waals surface area contributed by atoms with Gasteiger partial charge in [0, 0.05) is 28.9 Å². The molecule has 156 valence electrons. The smallest absolute Gasteiger partial charge is 0.249 e. The maximum atomic E-state index is 11.8. The van der Waals surface area contributed by atoms with Crippen LogP contribution in [0.1, 0.15) is 48.2 Å². The van der Waals surface area contributed by atoms with E-state index in [0.717, 1.165) is 23.4 Å². The zero-order valence-corrected chi connectivity index (χ0v) is 16.8. The Morgan fingerprint density at radius 1 is 1.19 bits per heavy atom. The van der Waals surface area contributed by atoms with Crippen molar-refractivity contribution in [2.75, 3.05) is 0 Å². The van der Waals surface area contributed by atoms with Gasteiger partial charge in [-0.2, -0.15) is 5.10 Å². The minimum atomic E-state index is -1.15. The average Bonchev–Trinajstić information content (AvgIpc) is 3.06. The van der Waals surface area contributed by atoms with Gasteiger partial charge >= 0.3 is 0 Å². The van der Waals surface area contributed by atoms with E-state index in [2.05, 4.69) is 10.0 Å². The molecule has 31 heavy (non-hydrogen) atoms. The third-order valence-electron chi connectivity index (χ3n) is 5.61. The Balaban J connectivity index is 1.77. The molecular weight excluding hydrogens is 394 g/mol. The lowest BCUT2D eigenvalue weighted by molar-refractivity contribution is -0.125. The summed E-state index contributed by atoms with van der Waals surface area (Å²) in [6.07, 6.45) is 12.0. The molecule has 1 N–H and O–H groups in total. The summed E-state index contributed by atoms with van der Waals surface area (Å²) in [5, 5.41) is 19.1. The number of benzene rings is 1. The first-order chi connectivity index (χ1) is 15.0. The SMILES string of the molecule is [N-]=[N+]=NC(=O)c1ccc(-c2cc(C3(O)CCC(=O)CC3)nn2C2=CCC=CC=C2)cc1. The molecule has 0 atom stereocenters. The molecule has 4 rings (SSSR count). The van der Waals surface area contributed by atoms with Crippen molar-refractivity contribution in [3.8, 4) is 11.3 Å². The Kier molecular flexibility index (Phi) is 5.66. The first-order valence-corrected chi connectivity index (χ1v) is 10.1. The van der Waals surface area contributed by atoms with E-state index >= 15 is 0 Å². The number of allylic oxidation sites excluding steroid dienone is 6. The van der Waals surface area contributed by atoms with E-state index < -0.39 is 11.5 Å². The van der Waals surface area contributed by atoms with Gasteiger partial charge in [-0.15, -0.1) is 0 Å². The van der Waals surface area contributed by atoms with Crippen molar-refractivity contribution < 1.29 is 14.7 Å². The molecule has 1 aromatic carbocycles. The van der Waals surface area contributed by atoms with Gasteiger partial charge in [0.2, 0.25) is 5.91 Å². The van der Waals surface area contributed by atoms with Crippen molar-refractivity contribution in [1.82, 2.24) is 9.78 Å². The summed E-state index contributed by atoms with van der Waals surface area (Å²) in [4.78, 5) is 26.0. The molecule has 1 saturated carbocycles. The fraction of sp³-hybridized carbons (Fsp3) is 0.261. The Morgan fingerprint density at radius 2 is 1.94 bits per heavy atom. The van der Waals surface area contributed by atoms with E-state index in [1.165, 1.54) is 0 Å². The van der Waals surface area contributed by atoms with Crippen molar-refractivity contribution in [2.24, 2.45) is 5.11 Å². The van der Waals surface area contributed by atoms with Crippen LogP contribution in [-0.2, 0) is 10.4 Å². The van der Waals surface area contributed by atoms with Crippen LogP contribution >= 0.6 is 0 Å². The van der Waals surface area contributed by atoms with Gasteiger partial charge in [0.25, 0.3) is 0 Å². The maximum Gasteiger partial charge on any atom is 0.249 e. The van der Waals surface area contributed by atoms with Crippen molar-refractivity contribution in [2.45, 2.75) is 37.7 Å². The second kappa shape index (κ2) is 8.55. The van der Waals surface area contributed by atoms with Gasteiger partial charge in [0.1, 0.15) is 11.4 Å². The summed E-state index contributed by atoms with van der Waals surface area (Å²) in [6.45, 7) is 0. The third kappa shape index (κ3) is 4.26. The van der Waals surface area contributed by atoms with Crippen LogP contribution in [0.5, 0.6) is 0 Å². The van der Waals surface area contributed by atoms with Crippen LogP contribution < -0.4 is 0 Å². The van der Waals surface area contributed by atoms with Gasteiger partial charge in [-0.3, -0.25) is 9.59 Å². The predicted octanol–water partition coefficient (Wildman–Crippen LogP) is 4.69. The number of carbonyl (C=O) groups excluding carboxylic acids is 2. The van der Waals surface area contributed by atoms with Gasteiger partial charge in [-0.25, -0.2) is 4.68 Å². The van der Waals surface area contributed by atoms with Crippen LogP contribution in [0.3, 0.4) is 0 Å². The molecule has 8 heteroatoms. The molecule has 2 aliphatic rings. The molecule has 2 aromatic rings. The maximum absolute atomic E-state index is 11.8. The lowest BCUT2D eigenvalue weighted by Crippen LogP contribution is -2.32. The zero-order chi connectivity index (χ0) is 21.8. The van der Waals surface area contributed by atoms with E-state index in [4.69, 9.17) is 10.6 Å². The standard InChI is InChI=1S/C23H21N5O3/c24-27-25-22(30)17-9-7-16(8-10-17)20-15-21(23(31)13-11-19(29)12-14-23)26-28(20)18-5-3-1-2-4-6-18/h1-3,5-10,15,31H,4,11-14H2. The average molecular weight is 415 g/mol. The topological polar surface area (TPSA) is 121 Å². The fourth-order valence-electron chi connectivity index (χ4n) is 3.82. The van der Waals surface area contributed by atoms with Gasteiger partial charge in [-0.05, 0) is 42.1 Å². The zero-order valence-electron chi connectivity index (χ0n) is 16.8. The van der Waals surface area contributed by atoms with E-state index in [-0.39, 0.29) is 11.3 Å². The number of aliphatic hydroxyl groups is 1. The second-order valence-electron chi connectivity index (χ2n) is 7.62. The lowest BCUT2D eigenvalue weighted by atomic mass is 9.82. The Hall–Kier alpha value is -3.74. The molecule has 1 fully saturated rings. The molecule has 0 saturated heterocycles. The van der Waals surface area contributed by atoms with Crippen LogP contribution in [0.2, 0.25) is 0 Å². The summed E-state index contributed by atoms with van der Waals surface area (Å²) >= 11 is 0. The molecule has 0 spiro atoms. The van der Waals surface area contributed by atoms with Crippen LogP contribution in [-0.4, -0.2) is 26.6 Å². The number of Topliss-reactive ketones (excluding diaryl/α,β-unsaturated/α-hetero) is 1. The fourth-order valence-corrected chi connectivity index (χ4v) is 3.82. The third-order valence-corrected chi connectivity index (χ3v) is 5.61. The van der Waals surface area contributed by atoms with Gasteiger partial charge in [0.05, 0.1) is 17.1 Å². The van der Waals surface area contributed by atoms with Crippen LogP contribution in [0.25, 0.3) is 27.4 Å². The highest BCUT2D eigenvalue weighted by molar-refractivity contribution is 5.95. The monoisotopic (exact) mass is 415 g/mol. The largest absolute Gasteiger partial charge is 0.383 e.